The molecule has 64 valence electrons. The molecule has 3 N–H and O–H groups in total. The fourth-order valence-electron chi connectivity index (χ4n) is 0.638. The molecule has 3 heteroatoms. The monoisotopic (exact) mass is 156 g/mol. The summed E-state index contributed by atoms with van der Waals surface area (Å²) in [5.41, 5.74) is 6.09. The summed E-state index contributed by atoms with van der Waals surface area (Å²) < 4.78 is 0. The van der Waals surface area contributed by atoms with Crippen molar-refractivity contribution in [3.63, 3.8) is 0 Å². The number of nitrogens with two attached hydrogens (primary N) is 1. The summed E-state index contributed by atoms with van der Waals surface area (Å²) in [6.45, 7) is 7.29. The highest BCUT2D eigenvalue weighted by Gasteiger charge is 1.92. The Morgan fingerprint density at radius 2 is 2.00 bits per heavy atom. The van der Waals surface area contributed by atoms with E-state index in [0.29, 0.717) is 13.0 Å². The summed E-state index contributed by atoms with van der Waals surface area (Å²) in [4.78, 5) is 10.3. The van der Waals surface area contributed by atoms with Crippen LogP contribution in [0.25, 0.3) is 0 Å². The van der Waals surface area contributed by atoms with Gasteiger partial charge in [-0.1, -0.05) is 5.57 Å². The second kappa shape index (κ2) is 5.92. The highest BCUT2D eigenvalue weighted by Crippen LogP contribution is 1.91. The lowest BCUT2D eigenvalue weighted by Gasteiger charge is -2.01. The maximum Gasteiger partial charge on any atom is 0.218 e. The van der Waals surface area contributed by atoms with E-state index in [0.717, 1.165) is 18.5 Å². The van der Waals surface area contributed by atoms with Crippen molar-refractivity contribution in [1.82, 2.24) is 5.32 Å². The summed E-state index contributed by atoms with van der Waals surface area (Å²) in [5.74, 6) is -0.257. The topological polar surface area (TPSA) is 55.1 Å². The number of hydrogen-bond donors (Lipinski definition) is 2. The third-order valence-electron chi connectivity index (χ3n) is 1.28. The van der Waals surface area contributed by atoms with Crippen molar-refractivity contribution < 1.29 is 4.79 Å². The van der Waals surface area contributed by atoms with E-state index in [9.17, 15) is 4.79 Å². The van der Waals surface area contributed by atoms with Gasteiger partial charge in [-0.3, -0.25) is 4.79 Å². The van der Waals surface area contributed by atoms with Gasteiger partial charge in [0.2, 0.25) is 5.91 Å². The molecule has 0 aliphatic carbocycles. The van der Waals surface area contributed by atoms with Crippen LogP contribution in [-0.2, 0) is 4.79 Å². The van der Waals surface area contributed by atoms with Gasteiger partial charge in [0.15, 0.2) is 0 Å². The molecule has 0 aromatic rings. The Bertz CT molecular complexity index is 127. The van der Waals surface area contributed by atoms with E-state index in [-0.39, 0.29) is 5.91 Å². The number of carbonyl (C=O) groups is 1. The smallest absolute Gasteiger partial charge is 0.218 e. The molecule has 0 aliphatic heterocycles. The number of primary amides is 1. The maximum absolute atomic E-state index is 10.3. The first-order valence-corrected chi connectivity index (χ1v) is 3.76. The van der Waals surface area contributed by atoms with Gasteiger partial charge in [-0.2, -0.15) is 0 Å². The van der Waals surface area contributed by atoms with Crippen LogP contribution in [0.5, 0.6) is 0 Å². The number of carbonyl (C=O) groups excluding carboxylic acids is 1. The quantitative estimate of drug-likeness (QED) is 0.432. The molecule has 0 unspecified atom stereocenters. The fraction of sp³-hybridized carbons (Fsp3) is 0.625. The molecule has 0 fully saturated rings. The van der Waals surface area contributed by atoms with E-state index in [2.05, 4.69) is 11.9 Å². The molecular formula is C8H16N2O. The molecule has 0 rings (SSSR count). The van der Waals surface area contributed by atoms with E-state index in [1.54, 1.807) is 0 Å². The van der Waals surface area contributed by atoms with Gasteiger partial charge in [0.1, 0.15) is 0 Å². The Balaban J connectivity index is 3.03. The van der Waals surface area contributed by atoms with Crippen LogP contribution < -0.4 is 11.1 Å². The van der Waals surface area contributed by atoms with Crippen LogP contribution in [0.1, 0.15) is 19.8 Å². The predicted octanol–water partition coefficient (Wildman–Crippen LogP) is 0.418. The van der Waals surface area contributed by atoms with Crippen LogP contribution >= 0.6 is 0 Å². The Morgan fingerprint density at radius 1 is 1.45 bits per heavy atom. The van der Waals surface area contributed by atoms with E-state index >= 15 is 0 Å². The highest BCUT2D eigenvalue weighted by molar-refractivity contribution is 5.73. The highest BCUT2D eigenvalue weighted by atomic mass is 16.1. The standard InChI is InChI=1S/C8H16N2O/c1-7(2)3-5-10-6-4-8(9)11/h10H,1,3-6H2,2H3,(H2,9,11). The molecule has 0 radical (unpaired) electrons. The molecule has 0 saturated carbocycles. The zero-order valence-electron chi connectivity index (χ0n) is 7.02. The van der Waals surface area contributed by atoms with Gasteiger partial charge >= 0.3 is 0 Å². The van der Waals surface area contributed by atoms with Gasteiger partial charge in [0, 0.05) is 13.0 Å². The van der Waals surface area contributed by atoms with Crippen molar-refractivity contribution in [3.8, 4) is 0 Å². The average molecular weight is 156 g/mol. The first-order valence-electron chi connectivity index (χ1n) is 3.76. The Hall–Kier alpha value is -0.830. The minimum absolute atomic E-state index is 0.257. The van der Waals surface area contributed by atoms with E-state index < -0.39 is 0 Å². The lowest BCUT2D eigenvalue weighted by Crippen LogP contribution is -2.22. The Labute approximate surface area is 67.7 Å². The average Bonchev–Trinajstić information content (AvgIpc) is 1.85. The molecule has 0 heterocycles. The molecular weight excluding hydrogens is 140 g/mol. The van der Waals surface area contributed by atoms with E-state index in [4.69, 9.17) is 5.73 Å². The van der Waals surface area contributed by atoms with Gasteiger partial charge in [-0.25, -0.2) is 0 Å². The second-order valence-corrected chi connectivity index (χ2v) is 2.67. The molecule has 0 aliphatic rings. The molecule has 0 aromatic heterocycles. The third-order valence-corrected chi connectivity index (χ3v) is 1.28. The van der Waals surface area contributed by atoms with Gasteiger partial charge in [-0.15, -0.1) is 6.58 Å². The predicted molar refractivity (Wildman–Crippen MR) is 46.1 cm³/mol. The molecule has 0 spiro atoms. The van der Waals surface area contributed by atoms with Crippen molar-refractivity contribution >= 4 is 5.91 Å². The summed E-state index contributed by atoms with van der Waals surface area (Å²) >= 11 is 0. The van der Waals surface area contributed by atoms with Crippen LogP contribution in [0.2, 0.25) is 0 Å². The molecule has 0 saturated heterocycles. The number of amides is 1. The van der Waals surface area contributed by atoms with Crippen LogP contribution in [0, 0.1) is 0 Å². The van der Waals surface area contributed by atoms with Gasteiger partial charge < -0.3 is 11.1 Å². The van der Waals surface area contributed by atoms with Crippen LogP contribution in [0.4, 0.5) is 0 Å². The Morgan fingerprint density at radius 3 is 2.45 bits per heavy atom. The zero-order chi connectivity index (χ0) is 8.69. The van der Waals surface area contributed by atoms with Crippen molar-refractivity contribution in [1.29, 1.82) is 0 Å². The summed E-state index contributed by atoms with van der Waals surface area (Å²) in [7, 11) is 0. The molecule has 0 aromatic carbocycles. The molecule has 0 bridgehead atoms. The number of hydrogen-bond acceptors (Lipinski definition) is 2. The first-order chi connectivity index (χ1) is 5.13. The molecule has 3 nitrogen and oxygen atoms in total. The third kappa shape index (κ3) is 9.17. The van der Waals surface area contributed by atoms with Gasteiger partial charge in [0.25, 0.3) is 0 Å². The maximum atomic E-state index is 10.3. The second-order valence-electron chi connectivity index (χ2n) is 2.67. The summed E-state index contributed by atoms with van der Waals surface area (Å²) in [5, 5.41) is 3.09. The minimum atomic E-state index is -0.257. The largest absolute Gasteiger partial charge is 0.370 e. The van der Waals surface area contributed by atoms with Gasteiger partial charge in [-0.05, 0) is 19.9 Å². The Kier molecular flexibility index (Phi) is 5.47. The van der Waals surface area contributed by atoms with Crippen molar-refractivity contribution in [3.05, 3.63) is 12.2 Å². The fourth-order valence-corrected chi connectivity index (χ4v) is 0.638. The molecule has 0 atom stereocenters. The van der Waals surface area contributed by atoms with Gasteiger partial charge in [0.05, 0.1) is 0 Å². The first kappa shape index (κ1) is 10.2. The zero-order valence-corrected chi connectivity index (χ0v) is 7.02. The number of nitrogens with one attached hydrogen (secondary N) is 1. The van der Waals surface area contributed by atoms with E-state index in [1.807, 2.05) is 6.92 Å². The molecule has 1 amide bonds. The summed E-state index contributed by atoms with van der Waals surface area (Å²) in [6.07, 6.45) is 1.37. The number of rotatable bonds is 6. The van der Waals surface area contributed by atoms with Crippen molar-refractivity contribution in [2.75, 3.05) is 13.1 Å². The van der Waals surface area contributed by atoms with Crippen LogP contribution in [0.3, 0.4) is 0 Å². The SMILES string of the molecule is C=C(C)CCNCCC(N)=O. The van der Waals surface area contributed by atoms with Crippen molar-refractivity contribution in [2.45, 2.75) is 19.8 Å². The minimum Gasteiger partial charge on any atom is -0.370 e. The molecule has 11 heavy (non-hydrogen) atoms. The van der Waals surface area contributed by atoms with E-state index in [1.165, 1.54) is 0 Å². The van der Waals surface area contributed by atoms with Crippen LogP contribution in [0.15, 0.2) is 12.2 Å². The van der Waals surface area contributed by atoms with Crippen LogP contribution in [-0.4, -0.2) is 19.0 Å². The lowest BCUT2D eigenvalue weighted by molar-refractivity contribution is -0.117. The lowest BCUT2D eigenvalue weighted by atomic mass is 10.2. The van der Waals surface area contributed by atoms with Crippen molar-refractivity contribution in [2.24, 2.45) is 5.73 Å². The normalized spacial score (nSPS) is 9.55. The summed E-state index contributed by atoms with van der Waals surface area (Å²) in [6, 6.07) is 0.